The van der Waals surface area contributed by atoms with Crippen LogP contribution in [0.4, 0.5) is 0 Å². The van der Waals surface area contributed by atoms with E-state index in [9.17, 15) is 0 Å². The zero-order chi connectivity index (χ0) is 13.7. The quantitative estimate of drug-likeness (QED) is 0.271. The minimum Gasteiger partial charge on any atom is -0.122 e. The molecule has 6 heteroatoms. The Bertz CT molecular complexity index is 217. The van der Waals surface area contributed by atoms with Crippen LogP contribution in [0.25, 0.3) is 0 Å². The third kappa shape index (κ3) is 5.82. The molecule has 0 aromatic carbocycles. The van der Waals surface area contributed by atoms with Gasteiger partial charge < -0.3 is 0 Å². The summed E-state index contributed by atoms with van der Waals surface area (Å²) in [6.07, 6.45) is 7.42. The maximum Gasteiger partial charge on any atom is 0.0472 e. The molecule has 1 saturated carbocycles. The van der Waals surface area contributed by atoms with Gasteiger partial charge >= 0.3 is 0 Å². The van der Waals surface area contributed by atoms with Crippen LogP contribution in [-0.4, -0.2) is 29.5 Å². The Morgan fingerprint density at radius 1 is 0.611 bits per heavy atom. The van der Waals surface area contributed by atoms with Crippen LogP contribution in [0.15, 0.2) is 0 Å². The molecule has 18 heavy (non-hydrogen) atoms. The van der Waals surface area contributed by atoms with Gasteiger partial charge in [0.15, 0.2) is 0 Å². The first-order valence-electron chi connectivity index (χ1n) is 6.29. The van der Waals surface area contributed by atoms with Crippen molar-refractivity contribution in [1.29, 1.82) is 0 Å². The molecule has 0 aromatic rings. The van der Waals surface area contributed by atoms with E-state index in [1.807, 2.05) is 0 Å². The summed E-state index contributed by atoms with van der Waals surface area (Å²) in [5.74, 6) is 0. The summed E-state index contributed by atoms with van der Waals surface area (Å²) >= 11 is 25.4. The summed E-state index contributed by atoms with van der Waals surface area (Å²) < 4.78 is 0. The zero-order valence-electron chi connectivity index (χ0n) is 9.97. The SMILES string of the molecule is ClC1CCCCCCC(Br)C(Br)C(Br)C(Br)C1Br. The van der Waals surface area contributed by atoms with Crippen LogP contribution < -0.4 is 0 Å². The Kier molecular flexibility index (Phi) is 10.1. The van der Waals surface area contributed by atoms with E-state index >= 15 is 0 Å². The second-order valence-corrected chi connectivity index (χ2v) is 10.8. The van der Waals surface area contributed by atoms with Gasteiger partial charge in [0.05, 0.1) is 0 Å². The summed E-state index contributed by atoms with van der Waals surface area (Å²) in [6, 6.07) is 0. The standard InChI is InChI=1S/C12H18Br5Cl/c13-7-5-3-1-2-4-6-8(18)10(15)12(17)11(16)9(7)14/h7-12H,1-6H2. The van der Waals surface area contributed by atoms with Crippen LogP contribution in [-0.2, 0) is 0 Å². The maximum atomic E-state index is 6.48. The fourth-order valence-corrected chi connectivity index (χ4v) is 7.05. The third-order valence-electron chi connectivity index (χ3n) is 3.31. The maximum absolute atomic E-state index is 6.48. The Morgan fingerprint density at radius 3 is 1.72 bits per heavy atom. The molecule has 0 saturated heterocycles. The van der Waals surface area contributed by atoms with Crippen molar-refractivity contribution >= 4 is 91.3 Å². The highest BCUT2D eigenvalue weighted by Gasteiger charge is 2.35. The van der Waals surface area contributed by atoms with Gasteiger partial charge in [-0.2, -0.15) is 0 Å². The highest BCUT2D eigenvalue weighted by atomic mass is 79.9. The molecule has 0 amide bonds. The molecule has 0 bridgehead atoms. The first-order valence-corrected chi connectivity index (χ1v) is 11.3. The van der Waals surface area contributed by atoms with Crippen molar-refractivity contribution in [1.82, 2.24) is 0 Å². The molecule has 1 fully saturated rings. The number of halogens is 6. The molecular formula is C12H18Br5Cl. The van der Waals surface area contributed by atoms with E-state index in [-0.39, 0.29) is 10.2 Å². The summed E-state index contributed by atoms with van der Waals surface area (Å²) in [4.78, 5) is 1.82. The molecule has 6 atom stereocenters. The second-order valence-electron chi connectivity index (χ2n) is 4.80. The second kappa shape index (κ2) is 9.66. The lowest BCUT2D eigenvalue weighted by Gasteiger charge is -2.31. The molecule has 0 aromatic heterocycles. The van der Waals surface area contributed by atoms with Crippen molar-refractivity contribution in [3.05, 3.63) is 0 Å². The zero-order valence-corrected chi connectivity index (χ0v) is 18.7. The van der Waals surface area contributed by atoms with Crippen molar-refractivity contribution in [2.45, 2.75) is 68.0 Å². The minimum absolute atomic E-state index is 0.183. The number of rotatable bonds is 0. The molecule has 1 rings (SSSR count). The van der Waals surface area contributed by atoms with E-state index in [1.54, 1.807) is 0 Å². The fourth-order valence-electron chi connectivity index (χ4n) is 2.10. The molecule has 0 aliphatic heterocycles. The molecule has 0 nitrogen and oxygen atoms in total. The van der Waals surface area contributed by atoms with Gasteiger partial charge in [-0.05, 0) is 12.8 Å². The minimum atomic E-state index is 0.183. The van der Waals surface area contributed by atoms with Gasteiger partial charge in [0, 0.05) is 29.5 Å². The molecule has 108 valence electrons. The van der Waals surface area contributed by atoms with Gasteiger partial charge in [-0.15, -0.1) is 11.6 Å². The highest BCUT2D eigenvalue weighted by molar-refractivity contribution is 9.15. The van der Waals surface area contributed by atoms with E-state index in [0.29, 0.717) is 19.3 Å². The summed E-state index contributed by atoms with van der Waals surface area (Å²) in [6.45, 7) is 0. The molecule has 1 aliphatic carbocycles. The van der Waals surface area contributed by atoms with E-state index in [2.05, 4.69) is 79.6 Å². The van der Waals surface area contributed by atoms with Crippen molar-refractivity contribution in [2.75, 3.05) is 0 Å². The van der Waals surface area contributed by atoms with E-state index in [4.69, 9.17) is 11.6 Å². The third-order valence-corrected chi connectivity index (χ3v) is 12.7. The van der Waals surface area contributed by atoms with Crippen LogP contribution in [0, 0.1) is 0 Å². The van der Waals surface area contributed by atoms with Crippen LogP contribution in [0.3, 0.4) is 0 Å². The van der Waals surface area contributed by atoms with Gasteiger partial charge in [0.25, 0.3) is 0 Å². The van der Waals surface area contributed by atoms with Crippen molar-refractivity contribution in [3.8, 4) is 0 Å². The lowest BCUT2D eigenvalue weighted by atomic mass is 10.0. The summed E-state index contributed by atoms with van der Waals surface area (Å²) in [5.41, 5.74) is 0. The molecule has 0 N–H and O–H groups in total. The van der Waals surface area contributed by atoms with Crippen LogP contribution in [0.2, 0.25) is 0 Å². The predicted molar refractivity (Wildman–Crippen MR) is 101 cm³/mol. The molecule has 0 heterocycles. The number of hydrogen-bond acceptors (Lipinski definition) is 0. The van der Waals surface area contributed by atoms with Gasteiger partial charge in [-0.25, -0.2) is 0 Å². The summed E-state index contributed by atoms with van der Waals surface area (Å²) in [5, 5.41) is 0.183. The van der Waals surface area contributed by atoms with Crippen molar-refractivity contribution < 1.29 is 0 Å². The molecule has 1 aliphatic rings. The van der Waals surface area contributed by atoms with Gasteiger partial charge in [-0.3, -0.25) is 0 Å². The predicted octanol–water partition coefficient (Wildman–Crippen LogP) is 6.77. The van der Waals surface area contributed by atoms with Gasteiger partial charge in [0.2, 0.25) is 0 Å². The molecule has 6 unspecified atom stereocenters. The monoisotopic (exact) mass is 592 g/mol. The fraction of sp³-hybridized carbons (Fsp3) is 1.00. The van der Waals surface area contributed by atoms with E-state index < -0.39 is 0 Å². The number of hydrogen-bond donors (Lipinski definition) is 0. The van der Waals surface area contributed by atoms with E-state index in [1.165, 1.54) is 32.1 Å². The average Bonchev–Trinajstić information content (AvgIpc) is 2.37. The highest BCUT2D eigenvalue weighted by Crippen LogP contribution is 2.37. The first-order chi connectivity index (χ1) is 8.45. The van der Waals surface area contributed by atoms with Gasteiger partial charge in [0.1, 0.15) is 0 Å². The van der Waals surface area contributed by atoms with Crippen molar-refractivity contribution in [2.24, 2.45) is 0 Å². The Hall–Kier alpha value is 2.69. The average molecular weight is 597 g/mol. The summed E-state index contributed by atoms with van der Waals surface area (Å²) in [7, 11) is 0. The normalized spacial score (nSPS) is 45.0. The Morgan fingerprint density at radius 2 is 1.11 bits per heavy atom. The van der Waals surface area contributed by atoms with Crippen LogP contribution in [0.1, 0.15) is 38.5 Å². The van der Waals surface area contributed by atoms with Gasteiger partial charge in [-0.1, -0.05) is 105 Å². The van der Waals surface area contributed by atoms with Crippen LogP contribution >= 0.6 is 91.3 Å². The Labute approximate surface area is 157 Å². The Balaban J connectivity index is 2.71. The topological polar surface area (TPSA) is 0 Å². The lowest BCUT2D eigenvalue weighted by Crippen LogP contribution is -2.39. The van der Waals surface area contributed by atoms with Crippen LogP contribution in [0.5, 0.6) is 0 Å². The first kappa shape index (κ1) is 18.7. The molecular weight excluding hydrogens is 579 g/mol. The van der Waals surface area contributed by atoms with Crippen molar-refractivity contribution in [3.63, 3.8) is 0 Å². The lowest BCUT2D eigenvalue weighted by molar-refractivity contribution is 0.544. The smallest absolute Gasteiger partial charge is 0.0472 e. The number of alkyl halides is 6. The molecule has 0 spiro atoms. The molecule has 0 radical (unpaired) electrons. The van der Waals surface area contributed by atoms with E-state index in [0.717, 1.165) is 6.42 Å². The largest absolute Gasteiger partial charge is 0.122 e.